The molecule has 76 valence electrons. The first-order valence-corrected chi connectivity index (χ1v) is 4.58. The molecule has 0 aliphatic heterocycles. The predicted molar refractivity (Wildman–Crippen MR) is 51.7 cm³/mol. The van der Waals surface area contributed by atoms with Gasteiger partial charge in [-0.25, -0.2) is 4.39 Å². The molecule has 0 saturated heterocycles. The van der Waals surface area contributed by atoms with Crippen molar-refractivity contribution in [2.24, 2.45) is 0 Å². The molecule has 0 fully saturated rings. The van der Waals surface area contributed by atoms with Crippen LogP contribution in [0.1, 0.15) is 25.3 Å². The van der Waals surface area contributed by atoms with Gasteiger partial charge in [0.15, 0.2) is 0 Å². The Hall–Kier alpha value is -1.45. The Morgan fingerprint density at radius 3 is 2.71 bits per heavy atom. The van der Waals surface area contributed by atoms with E-state index in [0.29, 0.717) is 12.0 Å². The maximum atomic E-state index is 13.2. The second-order valence-corrected chi connectivity index (χ2v) is 3.14. The van der Waals surface area contributed by atoms with E-state index in [4.69, 9.17) is 0 Å². The van der Waals surface area contributed by atoms with E-state index in [-0.39, 0.29) is 5.69 Å². The Morgan fingerprint density at radius 1 is 1.50 bits per heavy atom. The summed E-state index contributed by atoms with van der Waals surface area (Å²) in [5.41, 5.74) is 0.361. The number of nitro benzene ring substituents is 1. The molecule has 0 aliphatic rings. The maximum Gasteiger partial charge on any atom is 0.272 e. The van der Waals surface area contributed by atoms with Crippen LogP contribution in [0.2, 0.25) is 0 Å². The van der Waals surface area contributed by atoms with Gasteiger partial charge in [0, 0.05) is 6.07 Å². The van der Waals surface area contributed by atoms with Gasteiger partial charge in [-0.3, -0.25) is 10.1 Å². The van der Waals surface area contributed by atoms with E-state index in [9.17, 15) is 14.5 Å². The molecule has 0 aliphatic carbocycles. The molecule has 1 rings (SSSR count). The summed E-state index contributed by atoms with van der Waals surface area (Å²) in [5, 5.41) is 10.3. The molecule has 0 N–H and O–H groups in total. The summed E-state index contributed by atoms with van der Waals surface area (Å²) in [5.74, 6) is -0.479. The van der Waals surface area contributed by atoms with E-state index >= 15 is 0 Å². The third-order valence-electron chi connectivity index (χ3n) is 2.05. The Bertz CT molecular complexity index is 339. The van der Waals surface area contributed by atoms with Gasteiger partial charge in [0.05, 0.1) is 11.0 Å². The standard InChI is InChI=1S/C10H12FNO2/c1-2-3-4-8-5-6-9(12(13)14)7-10(8)11/h5-7H,2-4H2,1H3. The van der Waals surface area contributed by atoms with Crippen LogP contribution in [-0.4, -0.2) is 4.92 Å². The highest BCUT2D eigenvalue weighted by Crippen LogP contribution is 2.17. The highest BCUT2D eigenvalue weighted by molar-refractivity contribution is 5.34. The molecule has 3 nitrogen and oxygen atoms in total. The fourth-order valence-corrected chi connectivity index (χ4v) is 1.22. The average molecular weight is 197 g/mol. The first kappa shape index (κ1) is 10.6. The Morgan fingerprint density at radius 2 is 2.21 bits per heavy atom. The predicted octanol–water partition coefficient (Wildman–Crippen LogP) is 3.08. The number of benzene rings is 1. The zero-order valence-corrected chi connectivity index (χ0v) is 8.00. The quantitative estimate of drug-likeness (QED) is 0.549. The van der Waals surface area contributed by atoms with Crippen molar-refractivity contribution in [1.29, 1.82) is 0 Å². The van der Waals surface area contributed by atoms with Crippen LogP contribution in [0.25, 0.3) is 0 Å². The van der Waals surface area contributed by atoms with Crippen molar-refractivity contribution in [3.63, 3.8) is 0 Å². The van der Waals surface area contributed by atoms with Crippen molar-refractivity contribution >= 4 is 5.69 Å². The molecule has 0 atom stereocenters. The lowest BCUT2D eigenvalue weighted by molar-refractivity contribution is -0.385. The summed E-state index contributed by atoms with van der Waals surface area (Å²) < 4.78 is 13.2. The Labute approximate surface area is 81.7 Å². The normalized spacial score (nSPS) is 10.1. The van der Waals surface area contributed by atoms with Gasteiger partial charge in [0.2, 0.25) is 0 Å². The molecule has 0 amide bonds. The Balaban J connectivity index is 2.84. The van der Waals surface area contributed by atoms with E-state index in [2.05, 4.69) is 0 Å². The molecule has 0 heterocycles. The van der Waals surface area contributed by atoms with E-state index in [1.165, 1.54) is 12.1 Å². The molecule has 0 spiro atoms. The highest BCUT2D eigenvalue weighted by atomic mass is 19.1. The number of rotatable bonds is 4. The average Bonchev–Trinajstić information content (AvgIpc) is 2.15. The second-order valence-electron chi connectivity index (χ2n) is 3.14. The molecule has 4 heteroatoms. The van der Waals surface area contributed by atoms with Gasteiger partial charge in [-0.2, -0.15) is 0 Å². The topological polar surface area (TPSA) is 43.1 Å². The number of halogens is 1. The molecular weight excluding hydrogens is 185 g/mol. The summed E-state index contributed by atoms with van der Waals surface area (Å²) >= 11 is 0. The lowest BCUT2D eigenvalue weighted by Crippen LogP contribution is -1.94. The fourth-order valence-electron chi connectivity index (χ4n) is 1.22. The molecule has 0 bridgehead atoms. The number of nitrogens with zero attached hydrogens (tertiary/aromatic N) is 1. The van der Waals surface area contributed by atoms with E-state index in [1.54, 1.807) is 0 Å². The zero-order valence-electron chi connectivity index (χ0n) is 8.00. The SMILES string of the molecule is CCCCc1ccc([N+](=O)[O-])cc1F. The van der Waals surface area contributed by atoms with Gasteiger partial charge in [-0.05, 0) is 24.5 Å². The summed E-state index contributed by atoms with van der Waals surface area (Å²) in [6, 6.07) is 3.81. The summed E-state index contributed by atoms with van der Waals surface area (Å²) in [4.78, 5) is 9.73. The molecule has 1 aromatic carbocycles. The first-order chi connectivity index (χ1) is 6.65. The van der Waals surface area contributed by atoms with Gasteiger partial charge in [0.25, 0.3) is 5.69 Å². The van der Waals surface area contributed by atoms with Crippen molar-refractivity contribution in [2.45, 2.75) is 26.2 Å². The minimum Gasteiger partial charge on any atom is -0.258 e. The minimum atomic E-state index is -0.591. The van der Waals surface area contributed by atoms with Crippen LogP contribution in [0.15, 0.2) is 18.2 Å². The number of non-ortho nitro benzene ring substituents is 1. The van der Waals surface area contributed by atoms with Gasteiger partial charge >= 0.3 is 0 Å². The minimum absolute atomic E-state index is 0.192. The van der Waals surface area contributed by atoms with Crippen LogP contribution >= 0.6 is 0 Å². The smallest absolute Gasteiger partial charge is 0.258 e. The van der Waals surface area contributed by atoms with Crippen molar-refractivity contribution in [3.05, 3.63) is 39.7 Å². The van der Waals surface area contributed by atoms with Gasteiger partial charge in [0.1, 0.15) is 5.82 Å². The van der Waals surface area contributed by atoms with Gasteiger partial charge in [-0.1, -0.05) is 13.3 Å². The Kier molecular flexibility index (Phi) is 3.56. The zero-order chi connectivity index (χ0) is 10.6. The number of hydrogen-bond donors (Lipinski definition) is 0. The third-order valence-corrected chi connectivity index (χ3v) is 2.05. The molecule has 0 aromatic heterocycles. The lowest BCUT2D eigenvalue weighted by Gasteiger charge is -2.01. The molecule has 1 aromatic rings. The fraction of sp³-hybridized carbons (Fsp3) is 0.400. The van der Waals surface area contributed by atoms with Crippen LogP contribution < -0.4 is 0 Å². The van der Waals surface area contributed by atoms with E-state index in [1.807, 2.05) is 6.92 Å². The molecule has 0 saturated carbocycles. The molecule has 0 radical (unpaired) electrons. The van der Waals surface area contributed by atoms with Crippen molar-refractivity contribution in [1.82, 2.24) is 0 Å². The van der Waals surface area contributed by atoms with Gasteiger partial charge < -0.3 is 0 Å². The lowest BCUT2D eigenvalue weighted by atomic mass is 10.1. The summed E-state index contributed by atoms with van der Waals surface area (Å²) in [6.45, 7) is 2.02. The third kappa shape index (κ3) is 2.52. The molecular formula is C10H12FNO2. The number of unbranched alkanes of at least 4 members (excludes halogenated alkanes) is 1. The molecule has 0 unspecified atom stereocenters. The second kappa shape index (κ2) is 4.69. The van der Waals surface area contributed by atoms with Crippen molar-refractivity contribution < 1.29 is 9.31 Å². The monoisotopic (exact) mass is 197 g/mol. The van der Waals surface area contributed by atoms with Crippen LogP contribution in [0.4, 0.5) is 10.1 Å². The summed E-state index contributed by atoms with van der Waals surface area (Å²) in [7, 11) is 0. The van der Waals surface area contributed by atoms with Gasteiger partial charge in [-0.15, -0.1) is 0 Å². The van der Waals surface area contributed by atoms with E-state index in [0.717, 1.165) is 18.9 Å². The van der Waals surface area contributed by atoms with E-state index < -0.39 is 10.7 Å². The number of aryl methyl sites for hydroxylation is 1. The maximum absolute atomic E-state index is 13.2. The number of nitro groups is 1. The number of hydrogen-bond acceptors (Lipinski definition) is 2. The van der Waals surface area contributed by atoms with Crippen LogP contribution in [0.5, 0.6) is 0 Å². The summed E-state index contributed by atoms with van der Waals surface area (Å²) in [6.07, 6.45) is 2.52. The largest absolute Gasteiger partial charge is 0.272 e. The van der Waals surface area contributed by atoms with Crippen LogP contribution in [0, 0.1) is 15.9 Å². The van der Waals surface area contributed by atoms with Crippen LogP contribution in [0.3, 0.4) is 0 Å². The molecule has 14 heavy (non-hydrogen) atoms. The first-order valence-electron chi connectivity index (χ1n) is 4.58. The van der Waals surface area contributed by atoms with Crippen molar-refractivity contribution in [2.75, 3.05) is 0 Å². The van der Waals surface area contributed by atoms with Crippen molar-refractivity contribution in [3.8, 4) is 0 Å². The van der Waals surface area contributed by atoms with Crippen LogP contribution in [-0.2, 0) is 6.42 Å². The highest BCUT2D eigenvalue weighted by Gasteiger charge is 2.09.